The van der Waals surface area contributed by atoms with Crippen LogP contribution in [-0.2, 0) is 19.3 Å². The quantitative estimate of drug-likeness (QED) is 0.636. The van der Waals surface area contributed by atoms with Gasteiger partial charge in [0.25, 0.3) is 0 Å². The molecule has 0 radical (unpaired) electrons. The summed E-state index contributed by atoms with van der Waals surface area (Å²) in [6.07, 6.45) is 7.78. The topological polar surface area (TPSA) is 44.8 Å². The van der Waals surface area contributed by atoms with Gasteiger partial charge in [0.05, 0.1) is 0 Å². The predicted molar refractivity (Wildman–Crippen MR) is 83.3 cm³/mol. The third-order valence-electron chi connectivity index (χ3n) is 11.0. The molecule has 10 fully saturated rings. The lowest BCUT2D eigenvalue weighted by Gasteiger charge is -2.58. The first-order chi connectivity index (χ1) is 12.2. The fourth-order valence-electron chi connectivity index (χ4n) is 10.9. The van der Waals surface area contributed by atoms with E-state index in [1.165, 1.54) is 38.5 Å². The van der Waals surface area contributed by atoms with Gasteiger partial charge in [-0.05, 0) is 74.0 Å². The lowest BCUT2D eigenvalue weighted by atomic mass is 9.53. The second-order valence-corrected chi connectivity index (χ2v) is 11.2. The van der Waals surface area contributed by atoms with Crippen molar-refractivity contribution in [1.82, 2.24) is 0 Å². The fraction of sp³-hybridized carbons (Fsp3) is 0.952. The highest BCUT2D eigenvalue weighted by molar-refractivity contribution is 5.91. The molecule has 0 amide bonds. The Balaban J connectivity index is 1.19. The summed E-state index contributed by atoms with van der Waals surface area (Å²) in [6, 6.07) is 0. The summed E-state index contributed by atoms with van der Waals surface area (Å²) < 4.78 is 7.09. The van der Waals surface area contributed by atoms with Crippen molar-refractivity contribution >= 4 is 5.78 Å². The molecule has 0 aromatic rings. The number of Topliss-reactive ketones (excluding diaryl/α,β-unsaturated/α-hetero) is 1. The molecular formula is C21H24O4. The van der Waals surface area contributed by atoms with Gasteiger partial charge in [-0.2, -0.15) is 9.78 Å². The zero-order valence-corrected chi connectivity index (χ0v) is 14.3. The second-order valence-electron chi connectivity index (χ2n) is 11.2. The minimum atomic E-state index is -0.546. The number of ether oxygens (including phenoxy) is 1. The van der Waals surface area contributed by atoms with Gasteiger partial charge in [0.15, 0.2) is 0 Å². The molecule has 0 aromatic carbocycles. The molecule has 1 heterocycles. The first kappa shape index (κ1) is 12.9. The zero-order valence-electron chi connectivity index (χ0n) is 14.3. The van der Waals surface area contributed by atoms with E-state index in [4.69, 9.17) is 14.5 Å². The third kappa shape index (κ3) is 1.00. The summed E-state index contributed by atoms with van der Waals surface area (Å²) in [6.45, 7) is 0. The molecule has 132 valence electrons. The zero-order chi connectivity index (χ0) is 15.9. The number of hydrogen-bond donors (Lipinski definition) is 0. The summed E-state index contributed by atoms with van der Waals surface area (Å²) in [5, 5.41) is 0. The van der Waals surface area contributed by atoms with E-state index in [0.717, 1.165) is 11.8 Å². The summed E-state index contributed by atoms with van der Waals surface area (Å²) in [7, 11) is 0. The molecule has 25 heavy (non-hydrogen) atoms. The standard InChI is InChI=1S/C21H24O4/c22-19-15-11-6-12-14-13(11)16(19)18(14)21(17(12)15)23-20(24-25-21)9-2-7-1-8(4-9)5-10(20)3-7/h7-18H,1-6H2. The van der Waals surface area contributed by atoms with Gasteiger partial charge in [0.2, 0.25) is 11.6 Å². The van der Waals surface area contributed by atoms with E-state index in [1.807, 2.05) is 0 Å². The summed E-state index contributed by atoms with van der Waals surface area (Å²) in [5.41, 5.74) is 0. The maximum absolute atomic E-state index is 12.9. The van der Waals surface area contributed by atoms with E-state index in [-0.39, 0.29) is 11.8 Å². The predicted octanol–water partition coefficient (Wildman–Crippen LogP) is 2.77. The van der Waals surface area contributed by atoms with Crippen LogP contribution in [0.2, 0.25) is 0 Å². The van der Waals surface area contributed by atoms with Crippen molar-refractivity contribution in [1.29, 1.82) is 0 Å². The molecule has 9 unspecified atom stereocenters. The molecule has 9 saturated carbocycles. The van der Waals surface area contributed by atoms with E-state index in [0.29, 0.717) is 53.1 Å². The molecule has 4 heteroatoms. The Labute approximate surface area is 146 Å². The minimum Gasteiger partial charge on any atom is -0.311 e. The van der Waals surface area contributed by atoms with E-state index in [9.17, 15) is 4.79 Å². The molecule has 6 bridgehead atoms. The van der Waals surface area contributed by atoms with Crippen molar-refractivity contribution in [2.45, 2.75) is 50.1 Å². The Bertz CT molecular complexity index is 733. The molecule has 9 atom stereocenters. The maximum Gasteiger partial charge on any atom is 0.212 e. The molecule has 1 saturated heterocycles. The normalized spacial score (nSPS) is 77.4. The van der Waals surface area contributed by atoms with Crippen LogP contribution in [0.4, 0.5) is 0 Å². The molecule has 0 N–H and O–H groups in total. The lowest BCUT2D eigenvalue weighted by Crippen LogP contribution is -2.62. The number of ketones is 1. The van der Waals surface area contributed by atoms with Crippen molar-refractivity contribution < 1.29 is 19.3 Å². The van der Waals surface area contributed by atoms with Crippen molar-refractivity contribution in [2.24, 2.45) is 71.0 Å². The minimum absolute atomic E-state index is 0.241. The third-order valence-corrected chi connectivity index (χ3v) is 11.0. The average molecular weight is 340 g/mol. The molecule has 0 aromatic heterocycles. The molecule has 2 spiro atoms. The van der Waals surface area contributed by atoms with Crippen LogP contribution in [0.15, 0.2) is 0 Å². The Hall–Kier alpha value is -0.450. The van der Waals surface area contributed by atoms with Gasteiger partial charge < -0.3 is 4.74 Å². The number of fused-ring (bicyclic) bond motifs is 4. The van der Waals surface area contributed by atoms with Gasteiger partial charge in [-0.1, -0.05) is 0 Å². The van der Waals surface area contributed by atoms with Gasteiger partial charge in [0, 0.05) is 35.5 Å². The first-order valence-corrected chi connectivity index (χ1v) is 10.8. The number of rotatable bonds is 0. The number of carbonyl (C=O) groups is 1. The molecule has 10 rings (SSSR count). The Morgan fingerprint density at radius 1 is 0.720 bits per heavy atom. The highest BCUT2D eigenvalue weighted by atomic mass is 17.3. The highest BCUT2D eigenvalue weighted by Gasteiger charge is 2.91. The largest absolute Gasteiger partial charge is 0.311 e. The molecular weight excluding hydrogens is 316 g/mol. The Morgan fingerprint density at radius 2 is 1.44 bits per heavy atom. The van der Waals surface area contributed by atoms with Gasteiger partial charge in [-0.25, -0.2) is 0 Å². The van der Waals surface area contributed by atoms with Crippen LogP contribution in [0.3, 0.4) is 0 Å². The average Bonchev–Trinajstić information content (AvgIpc) is 3.21. The first-order valence-electron chi connectivity index (χ1n) is 10.8. The monoisotopic (exact) mass is 340 g/mol. The maximum atomic E-state index is 12.9. The fourth-order valence-corrected chi connectivity index (χ4v) is 10.9. The van der Waals surface area contributed by atoms with Crippen molar-refractivity contribution in [3.05, 3.63) is 0 Å². The van der Waals surface area contributed by atoms with Gasteiger partial charge in [-0.15, -0.1) is 0 Å². The summed E-state index contributed by atoms with van der Waals surface area (Å²) >= 11 is 0. The SMILES string of the molecule is O=C1C2C3CC4C5C3C1C5C1(OOC3(O1)C1CC5CC(C1)CC3C5)C42. The second kappa shape index (κ2) is 3.38. The van der Waals surface area contributed by atoms with Crippen molar-refractivity contribution in [2.75, 3.05) is 0 Å². The lowest BCUT2D eigenvalue weighted by molar-refractivity contribution is -0.397. The molecule has 10 aliphatic rings. The Morgan fingerprint density at radius 3 is 2.20 bits per heavy atom. The summed E-state index contributed by atoms with van der Waals surface area (Å²) in [4.78, 5) is 25.5. The smallest absolute Gasteiger partial charge is 0.212 e. The highest BCUT2D eigenvalue weighted by Crippen LogP contribution is 2.86. The van der Waals surface area contributed by atoms with E-state index in [1.54, 1.807) is 0 Å². The van der Waals surface area contributed by atoms with E-state index >= 15 is 0 Å². The van der Waals surface area contributed by atoms with Crippen LogP contribution >= 0.6 is 0 Å². The van der Waals surface area contributed by atoms with Crippen molar-refractivity contribution in [3.63, 3.8) is 0 Å². The number of hydrogen-bond acceptors (Lipinski definition) is 4. The van der Waals surface area contributed by atoms with E-state index in [2.05, 4.69) is 0 Å². The van der Waals surface area contributed by atoms with E-state index < -0.39 is 11.6 Å². The van der Waals surface area contributed by atoms with Crippen LogP contribution in [0.5, 0.6) is 0 Å². The van der Waals surface area contributed by atoms with Crippen LogP contribution in [0, 0.1) is 71.0 Å². The Kier molecular flexibility index (Phi) is 1.74. The van der Waals surface area contributed by atoms with Crippen molar-refractivity contribution in [3.8, 4) is 0 Å². The van der Waals surface area contributed by atoms with Crippen LogP contribution in [0.1, 0.15) is 38.5 Å². The van der Waals surface area contributed by atoms with Gasteiger partial charge in [-0.3, -0.25) is 4.79 Å². The number of carbonyl (C=O) groups excluding carboxylic acids is 1. The molecule has 4 nitrogen and oxygen atoms in total. The van der Waals surface area contributed by atoms with Crippen LogP contribution in [0.25, 0.3) is 0 Å². The molecule has 1 aliphatic heterocycles. The van der Waals surface area contributed by atoms with Gasteiger partial charge >= 0.3 is 0 Å². The van der Waals surface area contributed by atoms with Crippen LogP contribution < -0.4 is 0 Å². The van der Waals surface area contributed by atoms with Crippen LogP contribution in [-0.4, -0.2) is 17.4 Å². The summed E-state index contributed by atoms with van der Waals surface area (Å²) in [5.74, 6) is 6.28. The van der Waals surface area contributed by atoms with Gasteiger partial charge in [0.1, 0.15) is 5.78 Å². The molecule has 9 aliphatic carbocycles.